The van der Waals surface area contributed by atoms with Gasteiger partial charge in [-0.2, -0.15) is 0 Å². The van der Waals surface area contributed by atoms with Gasteiger partial charge in [0, 0.05) is 5.70 Å². The van der Waals surface area contributed by atoms with E-state index in [-0.39, 0.29) is 6.17 Å². The minimum absolute atomic E-state index is 0.134. The van der Waals surface area contributed by atoms with Crippen LogP contribution in [0.4, 0.5) is 0 Å². The molecule has 3 nitrogen and oxygen atoms in total. The summed E-state index contributed by atoms with van der Waals surface area (Å²) < 4.78 is 0. The first-order valence-corrected chi connectivity index (χ1v) is 2.96. The van der Waals surface area contributed by atoms with Crippen molar-refractivity contribution < 1.29 is 0 Å². The number of rotatable bonds is 0. The third-order valence-electron chi connectivity index (χ3n) is 1.14. The Morgan fingerprint density at radius 1 is 1.78 bits per heavy atom. The Morgan fingerprint density at radius 3 is 2.89 bits per heavy atom. The molecule has 0 saturated heterocycles. The van der Waals surface area contributed by atoms with E-state index in [0.29, 0.717) is 5.84 Å². The van der Waals surface area contributed by atoms with E-state index >= 15 is 0 Å². The number of aliphatic imine (C=N–C) groups is 1. The van der Waals surface area contributed by atoms with Gasteiger partial charge >= 0.3 is 0 Å². The summed E-state index contributed by atoms with van der Waals surface area (Å²) in [6.07, 6.45) is 1.95. The van der Waals surface area contributed by atoms with Crippen LogP contribution in [-0.2, 0) is 0 Å². The van der Waals surface area contributed by atoms with Gasteiger partial charge < -0.3 is 11.1 Å². The van der Waals surface area contributed by atoms with Gasteiger partial charge in [0.1, 0.15) is 12.0 Å². The number of hydrogen-bond acceptors (Lipinski definition) is 3. The summed E-state index contributed by atoms with van der Waals surface area (Å²) in [4.78, 5) is 4.04. The van der Waals surface area contributed by atoms with Crippen molar-refractivity contribution in [3.05, 3.63) is 11.8 Å². The summed E-state index contributed by atoms with van der Waals surface area (Å²) in [6, 6.07) is 0. The van der Waals surface area contributed by atoms with Crippen LogP contribution in [0.2, 0.25) is 0 Å². The van der Waals surface area contributed by atoms with E-state index in [0.717, 1.165) is 5.70 Å². The molecule has 0 spiro atoms. The fraction of sp³-hybridized carbons (Fsp3) is 0.500. The van der Waals surface area contributed by atoms with Crippen molar-refractivity contribution in [1.82, 2.24) is 5.32 Å². The van der Waals surface area contributed by atoms with E-state index in [9.17, 15) is 0 Å². The summed E-state index contributed by atoms with van der Waals surface area (Å²) in [7, 11) is 0. The molecule has 50 valence electrons. The summed E-state index contributed by atoms with van der Waals surface area (Å²) in [6.45, 7) is 3.93. The standard InChI is InChI=1S/C6H11N3/c1-4-3-6(7)9-5(2)8-4/h3,5,8H,1-2H3,(H2,7,9). The molecule has 1 aliphatic rings. The molecule has 0 amide bonds. The Bertz CT molecular complexity index is 169. The third-order valence-corrected chi connectivity index (χ3v) is 1.14. The first kappa shape index (κ1) is 6.13. The zero-order chi connectivity index (χ0) is 6.85. The van der Waals surface area contributed by atoms with Crippen LogP contribution < -0.4 is 11.1 Å². The van der Waals surface area contributed by atoms with Crippen molar-refractivity contribution in [2.75, 3.05) is 0 Å². The number of nitrogens with zero attached hydrogens (tertiary/aromatic N) is 1. The minimum atomic E-state index is 0.134. The van der Waals surface area contributed by atoms with Crippen LogP contribution in [0, 0.1) is 0 Å². The van der Waals surface area contributed by atoms with Crippen LogP contribution in [-0.4, -0.2) is 12.0 Å². The van der Waals surface area contributed by atoms with Gasteiger partial charge in [-0.25, -0.2) is 4.99 Å². The molecule has 1 aliphatic heterocycles. The van der Waals surface area contributed by atoms with Crippen LogP contribution in [0.25, 0.3) is 0 Å². The Labute approximate surface area is 54.7 Å². The van der Waals surface area contributed by atoms with Gasteiger partial charge in [0.2, 0.25) is 0 Å². The summed E-state index contributed by atoms with van der Waals surface area (Å²) in [5.41, 5.74) is 6.53. The Balaban J connectivity index is 2.74. The Hall–Kier alpha value is -0.990. The highest BCUT2D eigenvalue weighted by Crippen LogP contribution is 1.98. The van der Waals surface area contributed by atoms with E-state index in [4.69, 9.17) is 5.73 Å². The molecule has 0 aromatic heterocycles. The number of amidine groups is 1. The van der Waals surface area contributed by atoms with Crippen molar-refractivity contribution in [2.45, 2.75) is 20.0 Å². The second-order valence-electron chi connectivity index (χ2n) is 2.20. The van der Waals surface area contributed by atoms with E-state index in [2.05, 4.69) is 10.3 Å². The second kappa shape index (κ2) is 2.09. The van der Waals surface area contributed by atoms with Gasteiger partial charge in [-0.1, -0.05) is 0 Å². The van der Waals surface area contributed by atoms with Gasteiger partial charge in [0.15, 0.2) is 0 Å². The predicted octanol–water partition coefficient (Wildman–Crippen LogP) is 0.197. The maximum absolute atomic E-state index is 5.45. The SMILES string of the molecule is CC1=CC(N)=NC(C)N1. The van der Waals surface area contributed by atoms with Crippen molar-refractivity contribution in [2.24, 2.45) is 10.7 Å². The lowest BCUT2D eigenvalue weighted by atomic mass is 10.3. The molecule has 0 aromatic rings. The van der Waals surface area contributed by atoms with Crippen molar-refractivity contribution in [3.63, 3.8) is 0 Å². The number of hydrogen-bond donors (Lipinski definition) is 2. The van der Waals surface area contributed by atoms with Crippen molar-refractivity contribution in [1.29, 1.82) is 0 Å². The lowest BCUT2D eigenvalue weighted by molar-refractivity contribution is 0.634. The largest absolute Gasteiger partial charge is 0.384 e. The zero-order valence-electron chi connectivity index (χ0n) is 5.68. The topological polar surface area (TPSA) is 50.4 Å². The lowest BCUT2D eigenvalue weighted by Gasteiger charge is -2.15. The smallest absolute Gasteiger partial charge is 0.122 e. The minimum Gasteiger partial charge on any atom is -0.384 e. The second-order valence-corrected chi connectivity index (χ2v) is 2.20. The average Bonchev–Trinajstić information content (AvgIpc) is 1.59. The van der Waals surface area contributed by atoms with Crippen LogP contribution in [0.5, 0.6) is 0 Å². The molecule has 3 N–H and O–H groups in total. The first-order chi connectivity index (χ1) is 4.18. The molecule has 0 aliphatic carbocycles. The molecule has 1 rings (SSSR count). The van der Waals surface area contributed by atoms with Gasteiger partial charge in [0.25, 0.3) is 0 Å². The monoisotopic (exact) mass is 125 g/mol. The Kier molecular flexibility index (Phi) is 1.42. The summed E-state index contributed by atoms with van der Waals surface area (Å²) in [5.74, 6) is 0.610. The molecule has 1 atom stereocenters. The van der Waals surface area contributed by atoms with Gasteiger partial charge in [-0.15, -0.1) is 0 Å². The maximum atomic E-state index is 5.45. The quantitative estimate of drug-likeness (QED) is 0.485. The molecule has 0 saturated carbocycles. The maximum Gasteiger partial charge on any atom is 0.122 e. The summed E-state index contributed by atoms with van der Waals surface area (Å²) >= 11 is 0. The Morgan fingerprint density at radius 2 is 2.44 bits per heavy atom. The highest BCUT2D eigenvalue weighted by Gasteiger charge is 2.03. The molecular formula is C6H11N3. The van der Waals surface area contributed by atoms with E-state index < -0.39 is 0 Å². The van der Waals surface area contributed by atoms with Gasteiger partial charge in [-0.05, 0) is 19.9 Å². The number of allylic oxidation sites excluding steroid dienone is 1. The zero-order valence-corrected chi connectivity index (χ0v) is 5.68. The number of nitrogens with two attached hydrogens (primary N) is 1. The highest BCUT2D eigenvalue weighted by molar-refractivity contribution is 5.92. The average molecular weight is 125 g/mol. The number of nitrogens with one attached hydrogen (secondary N) is 1. The fourth-order valence-corrected chi connectivity index (χ4v) is 0.886. The van der Waals surface area contributed by atoms with E-state index in [1.165, 1.54) is 0 Å². The van der Waals surface area contributed by atoms with Crippen molar-refractivity contribution >= 4 is 5.84 Å². The van der Waals surface area contributed by atoms with Crippen molar-refractivity contribution in [3.8, 4) is 0 Å². The first-order valence-electron chi connectivity index (χ1n) is 2.96. The van der Waals surface area contributed by atoms with Crippen LogP contribution in [0.1, 0.15) is 13.8 Å². The normalized spacial score (nSPS) is 26.2. The summed E-state index contributed by atoms with van der Waals surface area (Å²) in [5, 5.41) is 3.10. The van der Waals surface area contributed by atoms with E-state index in [1.807, 2.05) is 19.9 Å². The predicted molar refractivity (Wildman–Crippen MR) is 38.0 cm³/mol. The van der Waals surface area contributed by atoms with E-state index in [1.54, 1.807) is 0 Å². The third kappa shape index (κ3) is 1.45. The van der Waals surface area contributed by atoms with Crippen LogP contribution in [0.15, 0.2) is 16.8 Å². The van der Waals surface area contributed by atoms with Crippen LogP contribution in [0.3, 0.4) is 0 Å². The van der Waals surface area contributed by atoms with Gasteiger partial charge in [0.05, 0.1) is 0 Å². The van der Waals surface area contributed by atoms with Gasteiger partial charge in [-0.3, -0.25) is 0 Å². The molecule has 0 radical (unpaired) electrons. The molecule has 0 fully saturated rings. The lowest BCUT2D eigenvalue weighted by Crippen LogP contribution is -2.30. The fourth-order valence-electron chi connectivity index (χ4n) is 0.886. The molecule has 3 heteroatoms. The molecule has 9 heavy (non-hydrogen) atoms. The van der Waals surface area contributed by atoms with Crippen LogP contribution >= 0.6 is 0 Å². The highest BCUT2D eigenvalue weighted by atomic mass is 15.1. The molecule has 1 heterocycles. The molecule has 0 bridgehead atoms. The molecular weight excluding hydrogens is 114 g/mol. The molecule has 1 unspecified atom stereocenters. The molecule has 0 aromatic carbocycles.